The first kappa shape index (κ1) is 15.2. The number of nitrogens with one attached hydrogen (secondary N) is 2. The summed E-state index contributed by atoms with van der Waals surface area (Å²) in [4.78, 5) is 13.2. The molecule has 4 aromatic rings. The molecular weight excluding hydrogens is 326 g/mol. The third-order valence-electron chi connectivity index (χ3n) is 5.08. The topological polar surface area (TPSA) is 80.0 Å². The molecule has 2 N–H and O–H groups in total. The van der Waals surface area contributed by atoms with E-state index in [1.165, 1.54) is 0 Å². The van der Waals surface area contributed by atoms with Crippen molar-refractivity contribution in [2.24, 2.45) is 0 Å². The van der Waals surface area contributed by atoms with Gasteiger partial charge in [-0.15, -0.1) is 5.10 Å². The molecule has 0 amide bonds. The van der Waals surface area contributed by atoms with Gasteiger partial charge in [-0.05, 0) is 43.7 Å². The molecule has 5 rings (SSSR count). The average molecular weight is 345 g/mol. The summed E-state index contributed by atoms with van der Waals surface area (Å²) in [6.45, 7) is 0. The molecule has 0 atom stereocenters. The van der Waals surface area contributed by atoms with E-state index in [0.717, 1.165) is 40.5 Å². The van der Waals surface area contributed by atoms with Crippen LogP contribution >= 0.6 is 0 Å². The Morgan fingerprint density at radius 2 is 1.85 bits per heavy atom. The van der Waals surface area contributed by atoms with Crippen LogP contribution in [0.4, 0.5) is 5.95 Å². The minimum absolute atomic E-state index is 0.444. The van der Waals surface area contributed by atoms with E-state index in [9.17, 15) is 0 Å². The zero-order valence-electron chi connectivity index (χ0n) is 14.4. The Kier molecular flexibility index (Phi) is 3.53. The van der Waals surface area contributed by atoms with Gasteiger partial charge in [0, 0.05) is 36.2 Å². The average Bonchev–Trinajstić information content (AvgIpc) is 3.07. The highest BCUT2D eigenvalue weighted by Crippen LogP contribution is 2.28. The second-order valence-electron chi connectivity index (χ2n) is 6.70. The Balaban J connectivity index is 1.45. The van der Waals surface area contributed by atoms with E-state index in [1.54, 1.807) is 12.4 Å². The van der Waals surface area contributed by atoms with Crippen molar-refractivity contribution in [1.82, 2.24) is 29.9 Å². The SMILES string of the molecule is CNC1CC(Nc2ncc3c(-c4ccc5nccnc5c4)ccn3n2)C1. The van der Waals surface area contributed by atoms with Crippen LogP contribution in [0.25, 0.3) is 27.7 Å². The molecule has 130 valence electrons. The molecule has 1 saturated carbocycles. The van der Waals surface area contributed by atoms with Gasteiger partial charge in [-0.1, -0.05) is 6.07 Å². The van der Waals surface area contributed by atoms with Crippen molar-refractivity contribution in [3.05, 3.63) is 49.1 Å². The molecule has 0 spiro atoms. The summed E-state index contributed by atoms with van der Waals surface area (Å²) in [6.07, 6.45) is 9.47. The highest BCUT2D eigenvalue weighted by molar-refractivity contribution is 5.86. The molecule has 1 aromatic carbocycles. The summed E-state index contributed by atoms with van der Waals surface area (Å²) in [6, 6.07) is 9.21. The lowest BCUT2D eigenvalue weighted by Crippen LogP contribution is -2.46. The first-order valence-electron chi connectivity index (χ1n) is 8.79. The van der Waals surface area contributed by atoms with Gasteiger partial charge in [0.25, 0.3) is 0 Å². The van der Waals surface area contributed by atoms with Gasteiger partial charge in [-0.2, -0.15) is 0 Å². The molecule has 0 unspecified atom stereocenters. The number of hydrogen-bond acceptors (Lipinski definition) is 6. The molecule has 0 bridgehead atoms. The lowest BCUT2D eigenvalue weighted by atomic mass is 9.87. The lowest BCUT2D eigenvalue weighted by Gasteiger charge is -2.35. The van der Waals surface area contributed by atoms with Crippen molar-refractivity contribution < 1.29 is 0 Å². The molecule has 0 radical (unpaired) electrons. The van der Waals surface area contributed by atoms with E-state index in [4.69, 9.17) is 0 Å². The Hall–Kier alpha value is -3.06. The van der Waals surface area contributed by atoms with E-state index in [1.807, 2.05) is 30.0 Å². The maximum atomic E-state index is 4.60. The number of aromatic nitrogens is 5. The van der Waals surface area contributed by atoms with Crippen LogP contribution in [0.15, 0.2) is 49.1 Å². The first-order valence-corrected chi connectivity index (χ1v) is 8.79. The molecule has 0 aliphatic heterocycles. The monoisotopic (exact) mass is 345 g/mol. The predicted molar refractivity (Wildman–Crippen MR) is 101 cm³/mol. The second kappa shape index (κ2) is 6.03. The maximum Gasteiger partial charge on any atom is 0.241 e. The summed E-state index contributed by atoms with van der Waals surface area (Å²) in [7, 11) is 2.00. The summed E-state index contributed by atoms with van der Waals surface area (Å²) in [5.41, 5.74) is 4.92. The number of fused-ring (bicyclic) bond motifs is 2. The van der Waals surface area contributed by atoms with Crippen molar-refractivity contribution in [3.8, 4) is 11.1 Å². The van der Waals surface area contributed by atoms with Crippen LogP contribution in [0, 0.1) is 0 Å². The van der Waals surface area contributed by atoms with E-state index in [0.29, 0.717) is 18.0 Å². The molecule has 26 heavy (non-hydrogen) atoms. The number of anilines is 1. The van der Waals surface area contributed by atoms with Crippen molar-refractivity contribution >= 4 is 22.5 Å². The molecule has 3 aromatic heterocycles. The van der Waals surface area contributed by atoms with Crippen LogP contribution in [-0.2, 0) is 0 Å². The molecule has 1 fully saturated rings. The fourth-order valence-electron chi connectivity index (χ4n) is 3.50. The van der Waals surface area contributed by atoms with Crippen molar-refractivity contribution in [1.29, 1.82) is 0 Å². The summed E-state index contributed by atoms with van der Waals surface area (Å²) in [5.74, 6) is 0.670. The minimum atomic E-state index is 0.444. The van der Waals surface area contributed by atoms with Gasteiger partial charge in [0.15, 0.2) is 0 Å². The molecule has 3 heterocycles. The standard InChI is InChI=1S/C19H19N7/c1-20-13-9-14(10-13)24-19-23-11-18-15(4-7-26(18)25-19)12-2-3-16-17(8-12)22-6-5-21-16/h2-8,11,13-14,20H,9-10H2,1H3,(H,24,25). The minimum Gasteiger partial charge on any atom is -0.350 e. The van der Waals surface area contributed by atoms with Crippen LogP contribution in [0.5, 0.6) is 0 Å². The molecule has 1 aliphatic carbocycles. The van der Waals surface area contributed by atoms with Crippen molar-refractivity contribution in [2.75, 3.05) is 12.4 Å². The van der Waals surface area contributed by atoms with Gasteiger partial charge in [0.05, 0.1) is 22.7 Å². The normalized spacial score (nSPS) is 19.6. The zero-order chi connectivity index (χ0) is 17.5. The first-order chi connectivity index (χ1) is 12.8. The van der Waals surface area contributed by atoms with Gasteiger partial charge in [0.1, 0.15) is 0 Å². The van der Waals surface area contributed by atoms with E-state index in [-0.39, 0.29) is 0 Å². The zero-order valence-corrected chi connectivity index (χ0v) is 14.4. The van der Waals surface area contributed by atoms with Crippen LogP contribution in [-0.4, -0.2) is 43.7 Å². The number of nitrogens with zero attached hydrogens (tertiary/aromatic N) is 5. The fraction of sp³-hybridized carbons (Fsp3) is 0.263. The highest BCUT2D eigenvalue weighted by atomic mass is 15.3. The van der Waals surface area contributed by atoms with Gasteiger partial charge in [-0.3, -0.25) is 9.97 Å². The maximum absolute atomic E-state index is 4.60. The molecular formula is C19H19N7. The molecule has 1 aliphatic rings. The van der Waals surface area contributed by atoms with Gasteiger partial charge in [0.2, 0.25) is 5.95 Å². The largest absolute Gasteiger partial charge is 0.350 e. The lowest BCUT2D eigenvalue weighted by molar-refractivity contribution is 0.325. The summed E-state index contributed by atoms with van der Waals surface area (Å²) in [5, 5.41) is 11.3. The van der Waals surface area contributed by atoms with Crippen LogP contribution < -0.4 is 10.6 Å². The Labute approximate surface area is 150 Å². The van der Waals surface area contributed by atoms with Crippen LogP contribution in [0.1, 0.15) is 12.8 Å². The number of benzene rings is 1. The summed E-state index contributed by atoms with van der Waals surface area (Å²) < 4.78 is 1.87. The van der Waals surface area contributed by atoms with Crippen LogP contribution in [0.3, 0.4) is 0 Å². The van der Waals surface area contributed by atoms with Gasteiger partial charge < -0.3 is 10.6 Å². The van der Waals surface area contributed by atoms with Crippen LogP contribution in [0.2, 0.25) is 0 Å². The van der Waals surface area contributed by atoms with E-state index >= 15 is 0 Å². The number of hydrogen-bond donors (Lipinski definition) is 2. The third-order valence-corrected chi connectivity index (χ3v) is 5.08. The third kappa shape index (κ3) is 2.57. The van der Waals surface area contributed by atoms with E-state index < -0.39 is 0 Å². The van der Waals surface area contributed by atoms with Gasteiger partial charge >= 0.3 is 0 Å². The quantitative estimate of drug-likeness (QED) is 0.592. The van der Waals surface area contributed by atoms with Gasteiger partial charge in [-0.25, -0.2) is 9.50 Å². The summed E-state index contributed by atoms with van der Waals surface area (Å²) >= 11 is 0. The number of rotatable bonds is 4. The predicted octanol–water partition coefficient (Wildman–Crippen LogP) is 2.50. The van der Waals surface area contributed by atoms with E-state index in [2.05, 4.69) is 48.9 Å². The van der Waals surface area contributed by atoms with Crippen molar-refractivity contribution in [3.63, 3.8) is 0 Å². The Morgan fingerprint density at radius 1 is 1.00 bits per heavy atom. The fourth-order valence-corrected chi connectivity index (χ4v) is 3.50. The smallest absolute Gasteiger partial charge is 0.241 e. The van der Waals surface area contributed by atoms with Crippen molar-refractivity contribution in [2.45, 2.75) is 24.9 Å². The Morgan fingerprint density at radius 3 is 2.69 bits per heavy atom. The highest BCUT2D eigenvalue weighted by Gasteiger charge is 2.28. The molecule has 0 saturated heterocycles. The molecule has 7 nitrogen and oxygen atoms in total. The second-order valence-corrected chi connectivity index (χ2v) is 6.70. The Bertz CT molecular complexity index is 1080. The molecule has 7 heteroatoms.